The van der Waals surface area contributed by atoms with E-state index in [0.29, 0.717) is 23.7 Å². The van der Waals surface area contributed by atoms with Gasteiger partial charge in [-0.3, -0.25) is 19.7 Å². The first kappa shape index (κ1) is 23.4. The van der Waals surface area contributed by atoms with E-state index in [1.54, 1.807) is 36.4 Å². The molecule has 0 spiro atoms. The Bertz CT molecular complexity index is 886. The standard InChI is InChI=1S/C21H23N3O7/c1-29-12-11-22-21(28)24-18(25)14-30-19(26)13-23-20(27)15-7-9-17(10-8-15)31-16-5-3-2-4-6-16/h2-10H,11-14H2,1H3,(H,23,27)(H2,22,24,25,28). The number of hydrogen-bond acceptors (Lipinski definition) is 7. The van der Waals surface area contributed by atoms with Crippen LogP contribution in [0.25, 0.3) is 0 Å². The quantitative estimate of drug-likeness (QED) is 0.382. The second kappa shape index (κ2) is 12.6. The number of rotatable bonds is 10. The van der Waals surface area contributed by atoms with Gasteiger partial charge < -0.3 is 24.8 Å². The van der Waals surface area contributed by atoms with E-state index >= 15 is 0 Å². The third-order valence-electron chi connectivity index (χ3n) is 3.70. The molecule has 0 bridgehead atoms. The first-order valence-corrected chi connectivity index (χ1v) is 9.31. The van der Waals surface area contributed by atoms with E-state index in [0.717, 1.165) is 0 Å². The molecule has 0 aliphatic rings. The Balaban J connectivity index is 1.68. The molecule has 0 aliphatic carbocycles. The molecule has 0 fully saturated rings. The van der Waals surface area contributed by atoms with Crippen LogP contribution in [0.15, 0.2) is 54.6 Å². The van der Waals surface area contributed by atoms with Gasteiger partial charge in [-0.05, 0) is 36.4 Å². The molecule has 0 aliphatic heterocycles. The molecule has 4 amide bonds. The number of amides is 4. The molecule has 10 nitrogen and oxygen atoms in total. The summed E-state index contributed by atoms with van der Waals surface area (Å²) < 4.78 is 15.1. The van der Waals surface area contributed by atoms with Crippen molar-refractivity contribution in [3.05, 3.63) is 60.2 Å². The molecule has 0 aromatic heterocycles. The van der Waals surface area contributed by atoms with E-state index in [2.05, 4.69) is 10.6 Å². The Hall–Kier alpha value is -3.92. The van der Waals surface area contributed by atoms with Gasteiger partial charge in [0, 0.05) is 19.2 Å². The minimum atomic E-state index is -0.827. The summed E-state index contributed by atoms with van der Waals surface area (Å²) in [4.78, 5) is 46.7. The van der Waals surface area contributed by atoms with Gasteiger partial charge in [-0.1, -0.05) is 18.2 Å². The molecule has 0 unspecified atom stereocenters. The molecule has 2 aromatic carbocycles. The van der Waals surface area contributed by atoms with Crippen LogP contribution in [0.3, 0.4) is 0 Å². The normalized spacial score (nSPS) is 9.97. The fourth-order valence-corrected chi connectivity index (χ4v) is 2.22. The molecule has 31 heavy (non-hydrogen) atoms. The zero-order chi connectivity index (χ0) is 22.5. The highest BCUT2D eigenvalue weighted by atomic mass is 16.5. The lowest BCUT2D eigenvalue weighted by Crippen LogP contribution is -2.42. The summed E-state index contributed by atoms with van der Waals surface area (Å²) in [6.07, 6.45) is 0. The van der Waals surface area contributed by atoms with E-state index in [4.69, 9.17) is 14.2 Å². The van der Waals surface area contributed by atoms with Crippen molar-refractivity contribution < 1.29 is 33.4 Å². The SMILES string of the molecule is COCCNC(=O)NC(=O)COC(=O)CNC(=O)c1ccc(Oc2ccccc2)cc1. The van der Waals surface area contributed by atoms with Gasteiger partial charge in [-0.25, -0.2) is 4.79 Å². The lowest BCUT2D eigenvalue weighted by atomic mass is 10.2. The van der Waals surface area contributed by atoms with Gasteiger partial charge in [0.15, 0.2) is 6.61 Å². The third kappa shape index (κ3) is 8.96. The molecule has 164 valence electrons. The third-order valence-corrected chi connectivity index (χ3v) is 3.70. The van der Waals surface area contributed by atoms with Crippen LogP contribution in [-0.4, -0.2) is 57.2 Å². The molecule has 2 rings (SSSR count). The Morgan fingerprint density at radius 1 is 0.871 bits per heavy atom. The van der Waals surface area contributed by atoms with Crippen molar-refractivity contribution in [3.8, 4) is 11.5 Å². The predicted octanol–water partition coefficient (Wildman–Crippen LogP) is 1.22. The number of imide groups is 1. The highest BCUT2D eigenvalue weighted by Gasteiger charge is 2.12. The van der Waals surface area contributed by atoms with E-state index in [9.17, 15) is 19.2 Å². The number of esters is 1. The number of ether oxygens (including phenoxy) is 3. The molecular formula is C21H23N3O7. The van der Waals surface area contributed by atoms with Crippen LogP contribution in [-0.2, 0) is 19.1 Å². The molecular weight excluding hydrogens is 406 g/mol. The second-order valence-electron chi connectivity index (χ2n) is 6.08. The molecule has 2 aromatic rings. The van der Waals surface area contributed by atoms with Crippen molar-refractivity contribution in [1.82, 2.24) is 16.0 Å². The fraction of sp³-hybridized carbons (Fsp3) is 0.238. The van der Waals surface area contributed by atoms with Gasteiger partial charge >= 0.3 is 12.0 Å². The lowest BCUT2D eigenvalue weighted by Gasteiger charge is -2.09. The maximum absolute atomic E-state index is 12.1. The highest BCUT2D eigenvalue weighted by molar-refractivity contribution is 5.97. The van der Waals surface area contributed by atoms with Gasteiger partial charge in [-0.15, -0.1) is 0 Å². The van der Waals surface area contributed by atoms with Gasteiger partial charge in [0.2, 0.25) is 0 Å². The number of benzene rings is 2. The predicted molar refractivity (Wildman–Crippen MR) is 110 cm³/mol. The van der Waals surface area contributed by atoms with Crippen LogP contribution < -0.4 is 20.7 Å². The van der Waals surface area contributed by atoms with Gasteiger partial charge in [-0.2, -0.15) is 0 Å². The van der Waals surface area contributed by atoms with Gasteiger partial charge in [0.1, 0.15) is 18.0 Å². The number of para-hydroxylation sites is 1. The van der Waals surface area contributed by atoms with Crippen molar-refractivity contribution in [2.45, 2.75) is 0 Å². The minimum absolute atomic E-state index is 0.223. The summed E-state index contributed by atoms with van der Waals surface area (Å²) in [5.74, 6) is -0.903. The summed E-state index contributed by atoms with van der Waals surface area (Å²) in [6.45, 7) is -0.577. The van der Waals surface area contributed by atoms with E-state index < -0.39 is 37.0 Å². The number of urea groups is 1. The van der Waals surface area contributed by atoms with Gasteiger partial charge in [0.25, 0.3) is 11.8 Å². The molecule has 0 radical (unpaired) electrons. The molecule has 0 saturated heterocycles. The minimum Gasteiger partial charge on any atom is -0.457 e. The second-order valence-corrected chi connectivity index (χ2v) is 6.08. The molecule has 10 heteroatoms. The first-order valence-electron chi connectivity index (χ1n) is 9.31. The fourth-order valence-electron chi connectivity index (χ4n) is 2.22. The molecule has 3 N–H and O–H groups in total. The van der Waals surface area contributed by atoms with Crippen LogP contribution in [0, 0.1) is 0 Å². The lowest BCUT2D eigenvalue weighted by molar-refractivity contribution is -0.147. The summed E-state index contributed by atoms with van der Waals surface area (Å²) >= 11 is 0. The Morgan fingerprint density at radius 2 is 1.55 bits per heavy atom. The van der Waals surface area contributed by atoms with Crippen molar-refractivity contribution in [1.29, 1.82) is 0 Å². The van der Waals surface area contributed by atoms with Crippen molar-refractivity contribution in [2.24, 2.45) is 0 Å². The Kier molecular flexibility index (Phi) is 9.50. The van der Waals surface area contributed by atoms with Crippen LogP contribution in [0.4, 0.5) is 4.79 Å². The van der Waals surface area contributed by atoms with E-state index in [1.165, 1.54) is 7.11 Å². The number of nitrogens with one attached hydrogen (secondary N) is 3. The van der Waals surface area contributed by atoms with E-state index in [-0.39, 0.29) is 6.54 Å². The van der Waals surface area contributed by atoms with Crippen LogP contribution in [0.2, 0.25) is 0 Å². The van der Waals surface area contributed by atoms with Crippen LogP contribution >= 0.6 is 0 Å². The summed E-state index contributed by atoms with van der Waals surface area (Å²) in [5.41, 5.74) is 0.318. The van der Waals surface area contributed by atoms with Crippen molar-refractivity contribution in [2.75, 3.05) is 33.4 Å². The zero-order valence-corrected chi connectivity index (χ0v) is 16.9. The zero-order valence-electron chi connectivity index (χ0n) is 16.9. The largest absolute Gasteiger partial charge is 0.457 e. The topological polar surface area (TPSA) is 132 Å². The number of hydrogen-bond donors (Lipinski definition) is 3. The average molecular weight is 429 g/mol. The number of carbonyl (C=O) groups excluding carboxylic acids is 4. The van der Waals surface area contributed by atoms with Crippen LogP contribution in [0.5, 0.6) is 11.5 Å². The van der Waals surface area contributed by atoms with Crippen molar-refractivity contribution in [3.63, 3.8) is 0 Å². The Labute approximate surface area is 178 Å². The maximum Gasteiger partial charge on any atom is 0.325 e. The Morgan fingerprint density at radius 3 is 2.23 bits per heavy atom. The molecule has 0 saturated carbocycles. The number of carbonyl (C=O) groups is 4. The summed E-state index contributed by atoms with van der Waals surface area (Å²) in [6, 6.07) is 14.8. The first-order chi connectivity index (χ1) is 15.0. The highest BCUT2D eigenvalue weighted by Crippen LogP contribution is 2.21. The number of methoxy groups -OCH3 is 1. The molecule has 0 heterocycles. The van der Waals surface area contributed by atoms with E-state index in [1.807, 2.05) is 23.5 Å². The monoisotopic (exact) mass is 429 g/mol. The van der Waals surface area contributed by atoms with Gasteiger partial charge in [0.05, 0.1) is 6.61 Å². The molecule has 0 atom stereocenters. The summed E-state index contributed by atoms with van der Waals surface area (Å²) in [7, 11) is 1.47. The average Bonchev–Trinajstić information content (AvgIpc) is 2.77. The smallest absolute Gasteiger partial charge is 0.325 e. The van der Waals surface area contributed by atoms with Crippen LogP contribution in [0.1, 0.15) is 10.4 Å². The van der Waals surface area contributed by atoms with Crippen molar-refractivity contribution >= 4 is 23.8 Å². The summed E-state index contributed by atoms with van der Waals surface area (Å²) in [5, 5.41) is 6.75. The maximum atomic E-state index is 12.1.